The van der Waals surface area contributed by atoms with Crippen LogP contribution in [0.25, 0.3) is 0 Å². The highest BCUT2D eigenvalue weighted by Crippen LogP contribution is 2.42. The lowest BCUT2D eigenvalue weighted by atomic mass is 9.76. The number of phenols is 1. The van der Waals surface area contributed by atoms with Crippen LogP contribution in [-0.2, 0) is 12.0 Å². The van der Waals surface area contributed by atoms with Crippen LogP contribution >= 0.6 is 0 Å². The van der Waals surface area contributed by atoms with Crippen LogP contribution in [0.15, 0.2) is 42.5 Å². The molecule has 1 aliphatic rings. The SMILES string of the molecule is CC(C)CN1CCc2cc(O)ccc2[C@@]1(C)c1ccc(C(C)C)cc1. The minimum Gasteiger partial charge on any atom is -0.508 e. The lowest BCUT2D eigenvalue weighted by molar-refractivity contribution is 0.110. The van der Waals surface area contributed by atoms with Gasteiger partial charge in [0.2, 0.25) is 0 Å². The lowest BCUT2D eigenvalue weighted by Gasteiger charge is -2.47. The van der Waals surface area contributed by atoms with Gasteiger partial charge in [-0.2, -0.15) is 0 Å². The van der Waals surface area contributed by atoms with Gasteiger partial charge in [0.15, 0.2) is 0 Å². The van der Waals surface area contributed by atoms with Crippen LogP contribution in [0.5, 0.6) is 5.75 Å². The quantitative estimate of drug-likeness (QED) is 0.819. The van der Waals surface area contributed by atoms with E-state index >= 15 is 0 Å². The fraction of sp³-hybridized carbons (Fsp3) is 0.478. The average Bonchev–Trinajstić information content (AvgIpc) is 2.57. The van der Waals surface area contributed by atoms with Crippen LogP contribution in [-0.4, -0.2) is 23.1 Å². The predicted octanol–water partition coefficient (Wildman–Crippen LogP) is 5.29. The topological polar surface area (TPSA) is 23.5 Å². The Morgan fingerprint density at radius 3 is 2.32 bits per heavy atom. The van der Waals surface area contributed by atoms with E-state index in [2.05, 4.69) is 69.9 Å². The number of rotatable bonds is 4. The fourth-order valence-electron chi connectivity index (χ4n) is 4.16. The van der Waals surface area contributed by atoms with Crippen molar-refractivity contribution >= 4 is 0 Å². The number of hydrogen-bond donors (Lipinski definition) is 1. The molecule has 0 aromatic heterocycles. The maximum Gasteiger partial charge on any atom is 0.115 e. The van der Waals surface area contributed by atoms with E-state index in [4.69, 9.17) is 0 Å². The van der Waals surface area contributed by atoms with Crippen molar-refractivity contribution in [2.45, 2.75) is 52.5 Å². The highest BCUT2D eigenvalue weighted by atomic mass is 16.3. The Labute approximate surface area is 152 Å². The Morgan fingerprint density at radius 1 is 1.04 bits per heavy atom. The third kappa shape index (κ3) is 3.32. The van der Waals surface area contributed by atoms with E-state index in [0.29, 0.717) is 17.6 Å². The molecule has 2 aromatic rings. The van der Waals surface area contributed by atoms with E-state index in [1.807, 2.05) is 12.1 Å². The largest absolute Gasteiger partial charge is 0.508 e. The third-order valence-electron chi connectivity index (χ3n) is 5.62. The Hall–Kier alpha value is -1.80. The molecule has 0 amide bonds. The van der Waals surface area contributed by atoms with Gasteiger partial charge in [0, 0.05) is 13.1 Å². The molecular formula is C23H31NO. The van der Waals surface area contributed by atoms with Crippen molar-refractivity contribution in [3.8, 4) is 5.75 Å². The summed E-state index contributed by atoms with van der Waals surface area (Å²) in [7, 11) is 0. The minimum atomic E-state index is -0.152. The normalized spacial score (nSPS) is 20.9. The first kappa shape index (κ1) is 18.0. The zero-order valence-electron chi connectivity index (χ0n) is 16.2. The van der Waals surface area contributed by atoms with E-state index < -0.39 is 0 Å². The predicted molar refractivity (Wildman–Crippen MR) is 105 cm³/mol. The first-order valence-corrected chi connectivity index (χ1v) is 9.50. The van der Waals surface area contributed by atoms with Crippen LogP contribution in [0.2, 0.25) is 0 Å². The Balaban J connectivity index is 2.12. The molecule has 2 heteroatoms. The second kappa shape index (κ2) is 6.84. The number of nitrogens with zero attached hydrogens (tertiary/aromatic N) is 1. The maximum atomic E-state index is 9.92. The zero-order chi connectivity index (χ0) is 18.2. The smallest absolute Gasteiger partial charge is 0.115 e. The van der Waals surface area contributed by atoms with E-state index in [0.717, 1.165) is 19.5 Å². The summed E-state index contributed by atoms with van der Waals surface area (Å²) in [5, 5.41) is 9.92. The minimum absolute atomic E-state index is 0.152. The molecule has 1 N–H and O–H groups in total. The number of hydrogen-bond acceptors (Lipinski definition) is 2. The summed E-state index contributed by atoms with van der Waals surface area (Å²) in [6.07, 6.45) is 0.996. The number of benzene rings is 2. The average molecular weight is 338 g/mol. The van der Waals surface area contributed by atoms with Crippen molar-refractivity contribution in [2.24, 2.45) is 5.92 Å². The lowest BCUT2D eigenvalue weighted by Crippen LogP contribution is -2.50. The molecule has 1 atom stereocenters. The highest BCUT2D eigenvalue weighted by Gasteiger charge is 2.40. The van der Waals surface area contributed by atoms with E-state index in [9.17, 15) is 5.11 Å². The van der Waals surface area contributed by atoms with Crippen LogP contribution in [0.3, 0.4) is 0 Å². The second-order valence-corrected chi connectivity index (χ2v) is 8.28. The molecular weight excluding hydrogens is 306 g/mol. The van der Waals surface area contributed by atoms with Crippen LogP contribution in [0.1, 0.15) is 62.8 Å². The van der Waals surface area contributed by atoms with Gasteiger partial charge >= 0.3 is 0 Å². The van der Waals surface area contributed by atoms with E-state index in [1.165, 1.54) is 22.3 Å². The molecule has 0 saturated carbocycles. The third-order valence-corrected chi connectivity index (χ3v) is 5.62. The maximum absolute atomic E-state index is 9.92. The van der Waals surface area contributed by atoms with Gasteiger partial charge in [-0.05, 0) is 59.6 Å². The van der Waals surface area contributed by atoms with E-state index in [1.54, 1.807) is 0 Å². The number of fused-ring (bicyclic) bond motifs is 1. The van der Waals surface area contributed by atoms with Gasteiger partial charge in [-0.25, -0.2) is 0 Å². The second-order valence-electron chi connectivity index (χ2n) is 8.28. The zero-order valence-corrected chi connectivity index (χ0v) is 16.2. The summed E-state index contributed by atoms with van der Waals surface area (Å²) in [5.74, 6) is 1.53. The first-order valence-electron chi connectivity index (χ1n) is 9.50. The summed E-state index contributed by atoms with van der Waals surface area (Å²) >= 11 is 0. The fourth-order valence-corrected chi connectivity index (χ4v) is 4.16. The van der Waals surface area contributed by atoms with Crippen LogP contribution in [0.4, 0.5) is 0 Å². The molecule has 2 nitrogen and oxygen atoms in total. The summed E-state index contributed by atoms with van der Waals surface area (Å²) in [6, 6.07) is 15.0. The molecule has 0 bridgehead atoms. The summed E-state index contributed by atoms with van der Waals surface area (Å²) in [5.41, 5.74) is 5.17. The standard InChI is InChI=1S/C23H31NO/c1-16(2)15-24-13-12-19-14-21(25)10-11-22(19)23(24,5)20-8-6-18(7-9-20)17(3)4/h6-11,14,16-17,25H,12-13,15H2,1-5H3/t23-/m1/s1. The Morgan fingerprint density at radius 2 is 1.72 bits per heavy atom. The van der Waals surface area contributed by atoms with Crippen LogP contribution < -0.4 is 0 Å². The molecule has 3 rings (SSSR count). The molecule has 25 heavy (non-hydrogen) atoms. The molecule has 0 unspecified atom stereocenters. The molecule has 0 fully saturated rings. The van der Waals surface area contributed by atoms with Gasteiger partial charge < -0.3 is 5.11 Å². The Bertz CT molecular complexity index is 732. The molecule has 1 heterocycles. The molecule has 1 aliphatic heterocycles. The monoisotopic (exact) mass is 337 g/mol. The van der Waals surface area contributed by atoms with Crippen molar-refractivity contribution in [1.29, 1.82) is 0 Å². The molecule has 2 aromatic carbocycles. The molecule has 0 saturated heterocycles. The van der Waals surface area contributed by atoms with Gasteiger partial charge in [0.25, 0.3) is 0 Å². The number of aromatic hydroxyl groups is 1. The van der Waals surface area contributed by atoms with Gasteiger partial charge in [0.05, 0.1) is 5.54 Å². The van der Waals surface area contributed by atoms with Crippen molar-refractivity contribution in [3.63, 3.8) is 0 Å². The highest BCUT2D eigenvalue weighted by molar-refractivity contribution is 5.47. The van der Waals surface area contributed by atoms with Crippen molar-refractivity contribution < 1.29 is 5.11 Å². The van der Waals surface area contributed by atoms with Gasteiger partial charge in [-0.3, -0.25) is 4.90 Å². The van der Waals surface area contributed by atoms with Crippen molar-refractivity contribution in [3.05, 3.63) is 64.7 Å². The van der Waals surface area contributed by atoms with E-state index in [-0.39, 0.29) is 5.54 Å². The van der Waals surface area contributed by atoms with Crippen LogP contribution in [0, 0.1) is 5.92 Å². The summed E-state index contributed by atoms with van der Waals surface area (Å²) < 4.78 is 0. The summed E-state index contributed by atoms with van der Waals surface area (Å²) in [4.78, 5) is 2.61. The van der Waals surface area contributed by atoms with Gasteiger partial charge in [-0.1, -0.05) is 58.0 Å². The Kier molecular flexibility index (Phi) is 4.92. The van der Waals surface area contributed by atoms with Gasteiger partial charge in [0.1, 0.15) is 5.75 Å². The van der Waals surface area contributed by atoms with Gasteiger partial charge in [-0.15, -0.1) is 0 Å². The first-order chi connectivity index (χ1) is 11.8. The summed E-state index contributed by atoms with van der Waals surface area (Å²) in [6.45, 7) is 13.5. The molecule has 0 radical (unpaired) electrons. The molecule has 134 valence electrons. The van der Waals surface area contributed by atoms with Crippen molar-refractivity contribution in [1.82, 2.24) is 4.90 Å². The van der Waals surface area contributed by atoms with Crippen molar-refractivity contribution in [2.75, 3.05) is 13.1 Å². The number of phenolic OH excluding ortho intramolecular Hbond substituents is 1. The molecule has 0 spiro atoms. The molecule has 0 aliphatic carbocycles.